The zero-order chi connectivity index (χ0) is 20.5. The van der Waals surface area contributed by atoms with Crippen molar-refractivity contribution in [2.24, 2.45) is 28.6 Å². The maximum Gasteiger partial charge on any atom is 1.00 e. The predicted octanol–water partition coefficient (Wildman–Crippen LogP) is -0.819. The molecule has 4 aliphatic carbocycles. The van der Waals surface area contributed by atoms with Gasteiger partial charge >= 0.3 is 18.9 Å². The van der Waals surface area contributed by atoms with Crippen molar-refractivity contribution in [1.82, 2.24) is 0 Å². The fourth-order valence-electron chi connectivity index (χ4n) is 7.72. The van der Waals surface area contributed by atoms with E-state index in [0.29, 0.717) is 37.4 Å². The first-order valence-electron chi connectivity index (χ1n) is 11.2. The van der Waals surface area contributed by atoms with E-state index < -0.39 is 17.4 Å². The van der Waals surface area contributed by atoms with Crippen molar-refractivity contribution in [2.45, 2.75) is 76.6 Å². The zero-order valence-electron chi connectivity index (χ0n) is 18.5. The van der Waals surface area contributed by atoms with Crippen LogP contribution < -0.4 is 24.0 Å². The second kappa shape index (κ2) is 7.40. The van der Waals surface area contributed by atoms with Gasteiger partial charge in [0.15, 0.2) is 5.79 Å². The van der Waals surface area contributed by atoms with E-state index in [1.165, 1.54) is 5.57 Å². The van der Waals surface area contributed by atoms with Crippen LogP contribution in [-0.4, -0.2) is 35.7 Å². The number of carboxylic acids is 1. The van der Waals surface area contributed by atoms with E-state index in [1.54, 1.807) is 0 Å². The van der Waals surface area contributed by atoms with Gasteiger partial charge in [0.05, 0.1) is 13.2 Å². The van der Waals surface area contributed by atoms with Gasteiger partial charge in [-0.1, -0.05) is 31.4 Å². The number of rotatable bonds is 0. The Kier molecular flexibility index (Phi) is 5.53. The van der Waals surface area contributed by atoms with Gasteiger partial charge in [0.2, 0.25) is 0 Å². The standard InChI is InChI=1S/C24H32O5.Li/c1-21-11-12-24(28-13-14-29-24)15-16(21)3-4-17-18(21)5-8-22(2)19(17)6-9-23(22,27)10-7-20(25)26;/h3,17-19,27H,4-6,8-9,11-15H2,1-2H3,(H,25,26);/q;+1/p-1/t17?,18?,19?,21-,22-,23+;/m0./s1. The minimum atomic E-state index is -1.41. The summed E-state index contributed by atoms with van der Waals surface area (Å²) in [4.78, 5) is 10.9. The number of aliphatic hydroxyl groups is 1. The molecule has 1 spiro atoms. The summed E-state index contributed by atoms with van der Waals surface area (Å²) in [5, 5.41) is 22.2. The molecule has 4 fully saturated rings. The summed E-state index contributed by atoms with van der Waals surface area (Å²) in [6, 6.07) is 0. The summed E-state index contributed by atoms with van der Waals surface area (Å²) < 4.78 is 12.0. The average molecular weight is 406 g/mol. The van der Waals surface area contributed by atoms with E-state index in [-0.39, 0.29) is 29.7 Å². The molecular formula is C24H31LiO5. The Bertz CT molecular complexity index is 821. The summed E-state index contributed by atoms with van der Waals surface area (Å²) >= 11 is 0. The first-order chi connectivity index (χ1) is 13.7. The maximum absolute atomic E-state index is 11.3. The third kappa shape index (κ3) is 3.07. The van der Waals surface area contributed by atoms with Gasteiger partial charge in [-0.2, -0.15) is 0 Å². The van der Waals surface area contributed by atoms with Crippen molar-refractivity contribution in [3.8, 4) is 11.8 Å². The largest absolute Gasteiger partial charge is 1.00 e. The quantitative estimate of drug-likeness (QED) is 0.323. The molecular weight excluding hydrogens is 375 g/mol. The van der Waals surface area contributed by atoms with Crippen LogP contribution in [0.2, 0.25) is 0 Å². The van der Waals surface area contributed by atoms with Crippen molar-refractivity contribution in [3.05, 3.63) is 11.6 Å². The first-order valence-corrected chi connectivity index (χ1v) is 11.2. The zero-order valence-corrected chi connectivity index (χ0v) is 18.5. The number of carbonyl (C=O) groups excluding carboxylic acids is 1. The van der Waals surface area contributed by atoms with Crippen LogP contribution in [0.15, 0.2) is 11.6 Å². The summed E-state index contributed by atoms with van der Waals surface area (Å²) in [5.74, 6) is 4.46. The Hall–Kier alpha value is -0.753. The Morgan fingerprint density at radius 2 is 1.83 bits per heavy atom. The van der Waals surface area contributed by atoms with Gasteiger partial charge in [0.25, 0.3) is 0 Å². The number of hydrogen-bond donors (Lipinski definition) is 1. The van der Waals surface area contributed by atoms with Crippen molar-refractivity contribution in [3.63, 3.8) is 0 Å². The minimum Gasteiger partial charge on any atom is -0.537 e. The Morgan fingerprint density at radius 1 is 1.13 bits per heavy atom. The fourth-order valence-corrected chi connectivity index (χ4v) is 7.72. The minimum absolute atomic E-state index is 0. The molecule has 1 N–H and O–H groups in total. The first kappa shape index (κ1) is 22.4. The average Bonchev–Trinajstić information content (AvgIpc) is 3.24. The van der Waals surface area contributed by atoms with Gasteiger partial charge in [0.1, 0.15) is 11.6 Å². The number of ether oxygens (including phenoxy) is 2. The van der Waals surface area contributed by atoms with E-state index >= 15 is 0 Å². The molecule has 0 aromatic heterocycles. The Labute approximate surface area is 191 Å². The molecule has 5 nitrogen and oxygen atoms in total. The number of allylic oxidation sites excluding steroid dienone is 1. The second-order valence-electron chi connectivity index (χ2n) is 10.4. The molecule has 5 aliphatic rings. The van der Waals surface area contributed by atoms with E-state index in [0.717, 1.165) is 44.9 Å². The second-order valence-corrected chi connectivity index (χ2v) is 10.4. The molecule has 0 radical (unpaired) electrons. The molecule has 1 saturated heterocycles. The SMILES string of the molecule is C[C@]12CCC3(CC1=CCC1C2CC[C@@]2(C)C1CC[C@@]2(O)C#CC(=O)[O-])OCCO3.[Li+]. The Morgan fingerprint density at radius 3 is 2.53 bits per heavy atom. The molecule has 6 atom stereocenters. The van der Waals surface area contributed by atoms with E-state index in [2.05, 4.69) is 31.8 Å². The molecule has 3 unspecified atom stereocenters. The van der Waals surface area contributed by atoms with Crippen molar-refractivity contribution in [2.75, 3.05) is 13.2 Å². The Balaban J connectivity index is 0.00000218. The van der Waals surface area contributed by atoms with Crippen LogP contribution in [0.3, 0.4) is 0 Å². The third-order valence-corrected chi connectivity index (χ3v) is 9.45. The maximum atomic E-state index is 11.3. The molecule has 0 aromatic carbocycles. The predicted molar refractivity (Wildman–Crippen MR) is 104 cm³/mol. The van der Waals surface area contributed by atoms with Crippen molar-refractivity contribution >= 4 is 5.97 Å². The van der Waals surface area contributed by atoms with Crippen LogP contribution in [-0.2, 0) is 14.3 Å². The van der Waals surface area contributed by atoms with Crippen molar-refractivity contribution in [1.29, 1.82) is 0 Å². The molecule has 0 amide bonds. The molecule has 1 aliphatic heterocycles. The van der Waals surface area contributed by atoms with Gasteiger partial charge in [-0.15, -0.1) is 0 Å². The third-order valence-electron chi connectivity index (χ3n) is 9.45. The van der Waals surface area contributed by atoms with Crippen LogP contribution in [0.4, 0.5) is 0 Å². The summed E-state index contributed by atoms with van der Waals surface area (Å²) in [6.07, 6.45) is 9.77. The number of carboxylic acid groups (broad SMARTS) is 1. The van der Waals surface area contributed by atoms with Gasteiger partial charge in [0, 0.05) is 18.3 Å². The van der Waals surface area contributed by atoms with Gasteiger partial charge in [-0.3, -0.25) is 0 Å². The normalized spacial score (nSPS) is 45.8. The molecule has 5 rings (SSSR count). The van der Waals surface area contributed by atoms with E-state index in [9.17, 15) is 15.0 Å². The topological polar surface area (TPSA) is 78.8 Å². The number of hydrogen-bond acceptors (Lipinski definition) is 5. The van der Waals surface area contributed by atoms with Gasteiger partial charge in [-0.05, 0) is 67.6 Å². The number of carbonyl (C=O) groups is 1. The monoisotopic (exact) mass is 406 g/mol. The summed E-state index contributed by atoms with van der Waals surface area (Å²) in [7, 11) is 0. The smallest absolute Gasteiger partial charge is 0.537 e. The molecule has 3 saturated carbocycles. The van der Waals surface area contributed by atoms with Crippen LogP contribution in [0.1, 0.15) is 65.2 Å². The fraction of sp³-hybridized carbons (Fsp3) is 0.792. The van der Waals surface area contributed by atoms with Crippen LogP contribution in [0.5, 0.6) is 0 Å². The molecule has 0 bridgehead atoms. The molecule has 0 aromatic rings. The van der Waals surface area contributed by atoms with Gasteiger partial charge < -0.3 is 24.5 Å². The molecule has 1 heterocycles. The van der Waals surface area contributed by atoms with E-state index in [1.807, 2.05) is 0 Å². The van der Waals surface area contributed by atoms with Crippen LogP contribution >= 0.6 is 0 Å². The van der Waals surface area contributed by atoms with Crippen molar-refractivity contribution < 1.29 is 43.3 Å². The molecule has 30 heavy (non-hydrogen) atoms. The van der Waals surface area contributed by atoms with E-state index in [4.69, 9.17) is 9.47 Å². The van der Waals surface area contributed by atoms with Crippen LogP contribution in [0, 0.1) is 40.4 Å². The summed E-state index contributed by atoms with van der Waals surface area (Å²) in [6.45, 7) is 5.95. The molecule has 6 heteroatoms. The summed E-state index contributed by atoms with van der Waals surface area (Å²) in [5.41, 5.74) is 0.0876. The number of fused-ring (bicyclic) bond motifs is 5. The molecule has 158 valence electrons. The van der Waals surface area contributed by atoms with Crippen LogP contribution in [0.25, 0.3) is 0 Å². The van der Waals surface area contributed by atoms with Gasteiger partial charge in [-0.25, -0.2) is 0 Å². The number of aliphatic carboxylic acids is 1.